The van der Waals surface area contributed by atoms with E-state index in [1.807, 2.05) is 48.2 Å². The lowest BCUT2D eigenvalue weighted by Crippen LogP contribution is -2.38. The zero-order chi connectivity index (χ0) is 22.6. The quantitative estimate of drug-likeness (QED) is 0.450. The SMILES string of the molecule is Cc1ccc(C2c3[nH]c4ccc(Cl)cc4c3CCN2c2nccc(N(C)C)n2)c(F)c1F. The largest absolute Gasteiger partial charge is 0.363 e. The van der Waals surface area contributed by atoms with E-state index < -0.39 is 17.7 Å². The molecule has 0 spiro atoms. The van der Waals surface area contributed by atoms with Crippen LogP contribution in [0.25, 0.3) is 10.9 Å². The fraction of sp³-hybridized carbons (Fsp3) is 0.250. The molecular weight excluding hydrogens is 432 g/mol. The van der Waals surface area contributed by atoms with Crippen molar-refractivity contribution in [1.29, 1.82) is 0 Å². The van der Waals surface area contributed by atoms with Gasteiger partial charge in [-0.2, -0.15) is 4.98 Å². The molecule has 164 valence electrons. The van der Waals surface area contributed by atoms with Crippen LogP contribution in [-0.4, -0.2) is 35.6 Å². The Morgan fingerprint density at radius 3 is 2.72 bits per heavy atom. The van der Waals surface area contributed by atoms with Gasteiger partial charge in [-0.3, -0.25) is 0 Å². The van der Waals surface area contributed by atoms with E-state index in [1.54, 1.807) is 25.3 Å². The summed E-state index contributed by atoms with van der Waals surface area (Å²) in [5.74, 6) is -0.493. The topological polar surface area (TPSA) is 48.1 Å². The van der Waals surface area contributed by atoms with Gasteiger partial charge in [-0.25, -0.2) is 13.8 Å². The second kappa shape index (κ2) is 7.74. The second-order valence-electron chi connectivity index (χ2n) is 8.26. The van der Waals surface area contributed by atoms with E-state index in [9.17, 15) is 4.39 Å². The summed E-state index contributed by atoms with van der Waals surface area (Å²) in [7, 11) is 3.79. The smallest absolute Gasteiger partial charge is 0.228 e. The molecule has 0 amide bonds. The van der Waals surface area contributed by atoms with Crippen LogP contribution in [0.15, 0.2) is 42.6 Å². The van der Waals surface area contributed by atoms with Gasteiger partial charge in [0.25, 0.3) is 0 Å². The average molecular weight is 454 g/mol. The summed E-state index contributed by atoms with van der Waals surface area (Å²) in [6.07, 6.45) is 2.37. The van der Waals surface area contributed by atoms with E-state index in [-0.39, 0.29) is 11.1 Å². The fourth-order valence-electron chi connectivity index (χ4n) is 4.40. The molecule has 4 aromatic rings. The minimum atomic E-state index is -0.853. The van der Waals surface area contributed by atoms with E-state index >= 15 is 4.39 Å². The first-order chi connectivity index (χ1) is 15.3. The number of hydrogen-bond acceptors (Lipinski definition) is 4. The molecule has 2 aromatic carbocycles. The molecule has 0 saturated heterocycles. The number of nitrogens with one attached hydrogen (secondary N) is 1. The predicted molar refractivity (Wildman–Crippen MR) is 124 cm³/mol. The highest BCUT2D eigenvalue weighted by Gasteiger charge is 2.36. The Labute approximate surface area is 189 Å². The number of H-pyrrole nitrogens is 1. The molecule has 0 saturated carbocycles. The Morgan fingerprint density at radius 2 is 1.94 bits per heavy atom. The summed E-state index contributed by atoms with van der Waals surface area (Å²) in [6.45, 7) is 2.10. The maximum absolute atomic E-state index is 15.3. The molecular formula is C24H22ClF2N5. The van der Waals surface area contributed by atoms with Crippen molar-refractivity contribution >= 4 is 34.3 Å². The van der Waals surface area contributed by atoms with Gasteiger partial charge in [0.15, 0.2) is 11.6 Å². The molecule has 0 radical (unpaired) electrons. The van der Waals surface area contributed by atoms with Crippen LogP contribution in [0.1, 0.15) is 28.4 Å². The van der Waals surface area contributed by atoms with Crippen LogP contribution in [0.2, 0.25) is 5.02 Å². The van der Waals surface area contributed by atoms with Crippen molar-refractivity contribution in [2.45, 2.75) is 19.4 Å². The second-order valence-corrected chi connectivity index (χ2v) is 8.70. The summed E-state index contributed by atoms with van der Waals surface area (Å²) >= 11 is 6.25. The maximum Gasteiger partial charge on any atom is 0.228 e. The third-order valence-electron chi connectivity index (χ3n) is 6.03. The molecule has 0 bridgehead atoms. The molecule has 5 nitrogen and oxygen atoms in total. The van der Waals surface area contributed by atoms with Crippen molar-refractivity contribution in [3.05, 3.63) is 81.6 Å². The molecule has 32 heavy (non-hydrogen) atoms. The van der Waals surface area contributed by atoms with Crippen molar-refractivity contribution in [2.24, 2.45) is 0 Å². The molecule has 1 atom stereocenters. The van der Waals surface area contributed by atoms with Gasteiger partial charge < -0.3 is 14.8 Å². The number of benzene rings is 2. The summed E-state index contributed by atoms with van der Waals surface area (Å²) < 4.78 is 29.9. The lowest BCUT2D eigenvalue weighted by molar-refractivity contribution is 0.481. The van der Waals surface area contributed by atoms with Gasteiger partial charge in [-0.15, -0.1) is 0 Å². The highest BCUT2D eigenvalue weighted by atomic mass is 35.5. The number of aromatic amines is 1. The summed E-state index contributed by atoms with van der Waals surface area (Å²) in [4.78, 5) is 16.4. The highest BCUT2D eigenvalue weighted by molar-refractivity contribution is 6.31. The Hall–Kier alpha value is -3.19. The number of rotatable bonds is 3. The Kier molecular flexibility index (Phi) is 5.01. The highest BCUT2D eigenvalue weighted by Crippen LogP contribution is 2.41. The third-order valence-corrected chi connectivity index (χ3v) is 6.27. The number of anilines is 2. The van der Waals surface area contributed by atoms with Crippen LogP contribution in [0.3, 0.4) is 0 Å². The predicted octanol–water partition coefficient (Wildman–Crippen LogP) is 5.42. The van der Waals surface area contributed by atoms with Crippen molar-refractivity contribution in [1.82, 2.24) is 15.0 Å². The first-order valence-corrected chi connectivity index (χ1v) is 10.7. The van der Waals surface area contributed by atoms with Gasteiger partial charge in [0.1, 0.15) is 11.9 Å². The molecule has 0 aliphatic carbocycles. The zero-order valence-electron chi connectivity index (χ0n) is 18.0. The van der Waals surface area contributed by atoms with Crippen molar-refractivity contribution in [3.8, 4) is 0 Å². The van der Waals surface area contributed by atoms with Gasteiger partial charge in [-0.05, 0) is 48.7 Å². The van der Waals surface area contributed by atoms with Gasteiger partial charge in [0, 0.05) is 54.0 Å². The molecule has 1 unspecified atom stereocenters. The lowest BCUT2D eigenvalue weighted by Gasteiger charge is -2.36. The summed E-state index contributed by atoms with van der Waals surface area (Å²) in [5, 5.41) is 1.63. The van der Waals surface area contributed by atoms with E-state index in [4.69, 9.17) is 11.6 Å². The van der Waals surface area contributed by atoms with Gasteiger partial charge in [-0.1, -0.05) is 23.7 Å². The normalized spacial score (nSPS) is 15.8. The van der Waals surface area contributed by atoms with Gasteiger partial charge in [0.05, 0.1) is 0 Å². The minimum Gasteiger partial charge on any atom is -0.363 e. The summed E-state index contributed by atoms with van der Waals surface area (Å²) in [5.41, 5.74) is 3.26. The number of aromatic nitrogens is 3. The van der Waals surface area contributed by atoms with E-state index in [1.165, 1.54) is 0 Å². The third kappa shape index (κ3) is 3.28. The number of fused-ring (bicyclic) bond motifs is 3. The molecule has 8 heteroatoms. The first-order valence-electron chi connectivity index (χ1n) is 10.4. The molecule has 0 fully saturated rings. The summed E-state index contributed by atoms with van der Waals surface area (Å²) in [6, 6.07) is 10.1. The first kappa shape index (κ1) is 20.7. The van der Waals surface area contributed by atoms with Crippen molar-refractivity contribution in [3.63, 3.8) is 0 Å². The molecule has 3 heterocycles. The van der Waals surface area contributed by atoms with Crippen LogP contribution in [-0.2, 0) is 6.42 Å². The fourth-order valence-corrected chi connectivity index (χ4v) is 4.57. The standard InChI is InChI=1S/C24H22ClF2N5/c1-13-4-6-16(21(27)20(13)26)23-22-15(17-12-14(25)5-7-18(17)29-22)9-11-32(23)24-28-10-8-19(30-24)31(2)3/h4-8,10,12,23,29H,9,11H2,1-3H3. The molecule has 1 aliphatic rings. The zero-order valence-corrected chi connectivity index (χ0v) is 18.7. The maximum atomic E-state index is 15.3. The molecule has 1 aliphatic heterocycles. The molecule has 1 N–H and O–H groups in total. The number of aryl methyl sites for hydroxylation is 1. The van der Waals surface area contributed by atoms with Crippen molar-refractivity contribution < 1.29 is 8.78 Å². The van der Waals surface area contributed by atoms with E-state index in [0.717, 1.165) is 28.0 Å². The Bertz CT molecular complexity index is 1330. The van der Waals surface area contributed by atoms with Gasteiger partial charge >= 0.3 is 0 Å². The number of nitrogens with zero attached hydrogens (tertiary/aromatic N) is 4. The number of hydrogen-bond donors (Lipinski definition) is 1. The number of halogens is 3. The van der Waals surface area contributed by atoms with Crippen LogP contribution in [0.5, 0.6) is 0 Å². The van der Waals surface area contributed by atoms with E-state index in [2.05, 4.69) is 15.0 Å². The lowest BCUT2D eigenvalue weighted by atomic mass is 9.91. The van der Waals surface area contributed by atoms with Gasteiger partial charge in [0.2, 0.25) is 5.95 Å². The van der Waals surface area contributed by atoms with Crippen LogP contribution >= 0.6 is 11.6 Å². The Morgan fingerprint density at radius 1 is 1.12 bits per heavy atom. The van der Waals surface area contributed by atoms with E-state index in [0.29, 0.717) is 23.9 Å². The average Bonchev–Trinajstić information content (AvgIpc) is 3.15. The van der Waals surface area contributed by atoms with Crippen LogP contribution < -0.4 is 9.80 Å². The van der Waals surface area contributed by atoms with Crippen LogP contribution in [0.4, 0.5) is 20.5 Å². The molecule has 5 rings (SSSR count). The van der Waals surface area contributed by atoms with Crippen molar-refractivity contribution in [2.75, 3.05) is 30.4 Å². The Balaban J connectivity index is 1.74. The van der Waals surface area contributed by atoms with Crippen LogP contribution in [0, 0.1) is 18.6 Å². The molecule has 2 aromatic heterocycles. The monoisotopic (exact) mass is 453 g/mol. The minimum absolute atomic E-state index is 0.241.